The smallest absolute Gasteiger partial charge is 0.339 e. The highest BCUT2D eigenvalue weighted by Crippen LogP contribution is 2.28. The first-order chi connectivity index (χ1) is 20.7. The molecule has 4 rings (SSSR count). The molecular formula is C33H28ClN3O5S. The second-order valence-corrected chi connectivity index (χ2v) is 11.0. The van der Waals surface area contributed by atoms with E-state index in [2.05, 4.69) is 16.0 Å². The number of halogens is 1. The molecule has 0 aliphatic heterocycles. The summed E-state index contributed by atoms with van der Waals surface area (Å²) < 4.78 is 4.80. The fraction of sp³-hybridized carbons (Fsp3) is 0.0909. The van der Waals surface area contributed by atoms with Gasteiger partial charge in [-0.05, 0) is 67.1 Å². The van der Waals surface area contributed by atoms with Gasteiger partial charge in [0, 0.05) is 21.2 Å². The van der Waals surface area contributed by atoms with E-state index in [-0.39, 0.29) is 17.2 Å². The van der Waals surface area contributed by atoms with E-state index in [1.165, 1.54) is 24.9 Å². The summed E-state index contributed by atoms with van der Waals surface area (Å²) in [5.74, 6) is -1.88. The number of carbonyl (C=O) groups excluding carboxylic acids is 4. The first-order valence-corrected chi connectivity index (χ1v) is 14.4. The van der Waals surface area contributed by atoms with Crippen LogP contribution >= 0.6 is 23.4 Å². The minimum absolute atomic E-state index is 0.00275. The molecule has 43 heavy (non-hydrogen) atoms. The maximum absolute atomic E-state index is 13.4. The van der Waals surface area contributed by atoms with Crippen molar-refractivity contribution in [3.05, 3.63) is 131 Å². The van der Waals surface area contributed by atoms with Crippen LogP contribution in [0.4, 0.5) is 11.4 Å². The zero-order chi connectivity index (χ0) is 30.8. The molecule has 3 N–H and O–H groups in total. The highest BCUT2D eigenvalue weighted by atomic mass is 35.5. The Kier molecular flexibility index (Phi) is 10.7. The standard InChI is InChI=1S/C33H28ClN3O5S/c1-21(30(38)36-28-18-9-7-16-26(28)33(41)42-2)43-25-15-10-14-24(20-25)35-32(40)29(19-23-13-6-8-17-27(23)34)37-31(39)22-11-4-3-5-12-22/h3-21H,1-2H3,(H,35,40)(H,36,38)(H,37,39)/b29-19+. The Morgan fingerprint density at radius 3 is 2.28 bits per heavy atom. The molecular weight excluding hydrogens is 586 g/mol. The van der Waals surface area contributed by atoms with E-state index in [4.69, 9.17) is 16.3 Å². The molecule has 4 aromatic rings. The molecule has 3 amide bonds. The number of para-hydroxylation sites is 1. The van der Waals surface area contributed by atoms with Crippen LogP contribution in [0.2, 0.25) is 5.02 Å². The van der Waals surface area contributed by atoms with Crippen molar-refractivity contribution < 1.29 is 23.9 Å². The molecule has 0 fully saturated rings. The van der Waals surface area contributed by atoms with E-state index < -0.39 is 23.0 Å². The van der Waals surface area contributed by atoms with Crippen molar-refractivity contribution in [3.8, 4) is 0 Å². The minimum Gasteiger partial charge on any atom is -0.465 e. The van der Waals surface area contributed by atoms with Gasteiger partial charge in [0.1, 0.15) is 5.70 Å². The van der Waals surface area contributed by atoms with Crippen LogP contribution in [0.15, 0.2) is 114 Å². The van der Waals surface area contributed by atoms with E-state index in [1.54, 1.807) is 104 Å². The van der Waals surface area contributed by atoms with Crippen molar-refractivity contribution >= 4 is 64.5 Å². The lowest BCUT2D eigenvalue weighted by Crippen LogP contribution is -2.30. The maximum atomic E-state index is 13.4. The molecule has 0 radical (unpaired) electrons. The Morgan fingerprint density at radius 2 is 1.53 bits per heavy atom. The van der Waals surface area contributed by atoms with E-state index >= 15 is 0 Å². The van der Waals surface area contributed by atoms with Gasteiger partial charge >= 0.3 is 5.97 Å². The fourth-order valence-corrected chi connectivity index (χ4v) is 5.02. The summed E-state index contributed by atoms with van der Waals surface area (Å²) in [5.41, 5.74) is 2.00. The van der Waals surface area contributed by atoms with Crippen molar-refractivity contribution in [1.82, 2.24) is 5.32 Å². The van der Waals surface area contributed by atoms with Crippen molar-refractivity contribution in [2.24, 2.45) is 0 Å². The third kappa shape index (κ3) is 8.57. The number of carbonyl (C=O) groups is 4. The Balaban J connectivity index is 1.48. The van der Waals surface area contributed by atoms with Crippen molar-refractivity contribution in [2.75, 3.05) is 17.7 Å². The summed E-state index contributed by atoms with van der Waals surface area (Å²) >= 11 is 7.59. The van der Waals surface area contributed by atoms with Crippen LogP contribution in [0.25, 0.3) is 6.08 Å². The van der Waals surface area contributed by atoms with E-state index in [1.807, 2.05) is 6.07 Å². The average molecular weight is 614 g/mol. The number of nitrogens with one attached hydrogen (secondary N) is 3. The number of ether oxygens (including phenoxy) is 1. The van der Waals surface area contributed by atoms with Gasteiger partial charge in [0.05, 0.1) is 23.6 Å². The highest BCUT2D eigenvalue weighted by Gasteiger charge is 2.20. The normalized spacial score (nSPS) is 11.7. The largest absolute Gasteiger partial charge is 0.465 e. The summed E-state index contributed by atoms with van der Waals surface area (Å²) in [6.45, 7) is 1.73. The molecule has 0 spiro atoms. The number of hydrogen-bond donors (Lipinski definition) is 3. The number of benzene rings is 4. The first-order valence-electron chi connectivity index (χ1n) is 13.1. The Bertz CT molecular complexity index is 1680. The molecule has 4 aromatic carbocycles. The lowest BCUT2D eigenvalue weighted by molar-refractivity contribution is -0.115. The Labute approximate surface area is 258 Å². The van der Waals surface area contributed by atoms with Gasteiger partial charge in [-0.3, -0.25) is 14.4 Å². The van der Waals surface area contributed by atoms with Gasteiger partial charge in [0.25, 0.3) is 11.8 Å². The minimum atomic E-state index is -0.559. The first kappa shape index (κ1) is 31.1. The predicted molar refractivity (Wildman–Crippen MR) is 170 cm³/mol. The van der Waals surface area contributed by atoms with Gasteiger partial charge in [-0.2, -0.15) is 0 Å². The number of amides is 3. The Morgan fingerprint density at radius 1 is 0.837 bits per heavy atom. The fourth-order valence-electron chi connectivity index (χ4n) is 3.91. The van der Waals surface area contributed by atoms with E-state index in [0.717, 1.165) is 0 Å². The second-order valence-electron chi connectivity index (χ2n) is 9.17. The second kappa shape index (κ2) is 14.9. The molecule has 0 aromatic heterocycles. The lowest BCUT2D eigenvalue weighted by atomic mass is 10.1. The van der Waals surface area contributed by atoms with Gasteiger partial charge < -0.3 is 20.7 Å². The van der Waals surface area contributed by atoms with Crippen LogP contribution in [0, 0.1) is 0 Å². The topological polar surface area (TPSA) is 114 Å². The molecule has 1 unspecified atom stereocenters. The predicted octanol–water partition coefficient (Wildman–Crippen LogP) is 6.66. The third-order valence-corrected chi connectivity index (χ3v) is 7.54. The van der Waals surface area contributed by atoms with Gasteiger partial charge in [0.15, 0.2) is 0 Å². The van der Waals surface area contributed by atoms with Crippen LogP contribution in [-0.4, -0.2) is 36.1 Å². The number of thioether (sulfide) groups is 1. The van der Waals surface area contributed by atoms with E-state index in [0.29, 0.717) is 32.4 Å². The van der Waals surface area contributed by atoms with Crippen LogP contribution in [-0.2, 0) is 14.3 Å². The van der Waals surface area contributed by atoms with Gasteiger partial charge in [0.2, 0.25) is 5.91 Å². The molecule has 0 saturated carbocycles. The molecule has 10 heteroatoms. The molecule has 0 heterocycles. The molecule has 0 saturated heterocycles. The van der Waals surface area contributed by atoms with Crippen molar-refractivity contribution in [2.45, 2.75) is 17.1 Å². The summed E-state index contributed by atoms with van der Waals surface area (Å²) in [5, 5.41) is 8.16. The quantitative estimate of drug-likeness (QED) is 0.105. The van der Waals surface area contributed by atoms with Gasteiger partial charge in [-0.15, -0.1) is 11.8 Å². The van der Waals surface area contributed by atoms with Crippen LogP contribution < -0.4 is 16.0 Å². The zero-order valence-electron chi connectivity index (χ0n) is 23.3. The lowest BCUT2D eigenvalue weighted by Gasteiger charge is -2.15. The Hall–Kier alpha value is -4.86. The molecule has 0 aliphatic rings. The number of anilines is 2. The molecule has 0 aliphatic carbocycles. The summed E-state index contributed by atoms with van der Waals surface area (Å²) in [6.07, 6.45) is 1.51. The number of rotatable bonds is 10. The molecule has 0 bridgehead atoms. The molecule has 218 valence electrons. The van der Waals surface area contributed by atoms with Gasteiger partial charge in [-0.25, -0.2) is 4.79 Å². The summed E-state index contributed by atoms with van der Waals surface area (Å²) in [7, 11) is 1.28. The number of esters is 1. The summed E-state index contributed by atoms with van der Waals surface area (Å²) in [4.78, 5) is 52.0. The average Bonchev–Trinajstić information content (AvgIpc) is 3.02. The third-order valence-electron chi connectivity index (χ3n) is 6.10. The van der Waals surface area contributed by atoms with Gasteiger partial charge in [-0.1, -0.05) is 66.2 Å². The van der Waals surface area contributed by atoms with Crippen molar-refractivity contribution in [1.29, 1.82) is 0 Å². The molecule has 1 atom stereocenters. The maximum Gasteiger partial charge on any atom is 0.339 e. The summed E-state index contributed by atoms with van der Waals surface area (Å²) in [6, 6.07) is 29.1. The van der Waals surface area contributed by atoms with Crippen LogP contribution in [0.3, 0.4) is 0 Å². The van der Waals surface area contributed by atoms with Crippen LogP contribution in [0.5, 0.6) is 0 Å². The number of methoxy groups -OCH3 is 1. The molecule has 8 nitrogen and oxygen atoms in total. The SMILES string of the molecule is COC(=O)c1ccccc1NC(=O)C(C)Sc1cccc(NC(=O)/C(=C\c2ccccc2Cl)NC(=O)c2ccccc2)c1. The number of hydrogen-bond acceptors (Lipinski definition) is 6. The monoisotopic (exact) mass is 613 g/mol. The van der Waals surface area contributed by atoms with Crippen LogP contribution in [0.1, 0.15) is 33.2 Å². The highest BCUT2D eigenvalue weighted by molar-refractivity contribution is 8.00. The van der Waals surface area contributed by atoms with Crippen molar-refractivity contribution in [3.63, 3.8) is 0 Å². The zero-order valence-corrected chi connectivity index (χ0v) is 24.9. The van der Waals surface area contributed by atoms with E-state index in [9.17, 15) is 19.2 Å².